The van der Waals surface area contributed by atoms with Crippen molar-refractivity contribution in [1.82, 2.24) is 19.9 Å². The molecule has 0 radical (unpaired) electrons. The quantitative estimate of drug-likeness (QED) is 0.459. The second-order valence-electron chi connectivity index (χ2n) is 10.8. The number of benzene rings is 1. The predicted molar refractivity (Wildman–Crippen MR) is 167 cm³/mol. The molecule has 4 heterocycles. The van der Waals surface area contributed by atoms with Gasteiger partial charge in [-0.3, -0.25) is 9.78 Å². The predicted octanol–water partition coefficient (Wildman–Crippen LogP) is 4.47. The van der Waals surface area contributed by atoms with Gasteiger partial charge >= 0.3 is 0 Å². The second-order valence-corrected chi connectivity index (χ2v) is 10.8. The van der Waals surface area contributed by atoms with Crippen LogP contribution in [0.5, 0.6) is 0 Å². The summed E-state index contributed by atoms with van der Waals surface area (Å²) in [5.74, 6) is 1.70. The summed E-state index contributed by atoms with van der Waals surface area (Å²) >= 11 is 0. The molecule has 1 amide bonds. The van der Waals surface area contributed by atoms with Crippen LogP contribution in [-0.2, 0) is 6.42 Å². The van der Waals surface area contributed by atoms with Crippen molar-refractivity contribution < 1.29 is 14.3 Å². The number of piperidine rings is 1. The summed E-state index contributed by atoms with van der Waals surface area (Å²) in [6.45, 7) is 9.45. The molecule has 0 bridgehead atoms. The molecule has 8 nitrogen and oxygen atoms in total. The maximum atomic E-state index is 13.9. The molecule has 10 heteroatoms. The van der Waals surface area contributed by atoms with E-state index in [2.05, 4.69) is 39.8 Å². The third-order valence-electron chi connectivity index (χ3n) is 8.31. The summed E-state index contributed by atoms with van der Waals surface area (Å²) < 4.78 is 13.4. The van der Waals surface area contributed by atoms with Gasteiger partial charge in [0, 0.05) is 50.7 Å². The number of aryl methyl sites for hydroxylation is 2. The van der Waals surface area contributed by atoms with Gasteiger partial charge < -0.3 is 19.8 Å². The molecular weight excluding hydrogens is 539 g/mol. The third-order valence-corrected chi connectivity index (χ3v) is 8.31. The number of amides is 1. The molecule has 0 aliphatic carbocycles. The first-order chi connectivity index (χ1) is 18.9. The van der Waals surface area contributed by atoms with Crippen LogP contribution in [0.25, 0.3) is 0 Å². The number of aliphatic hydroxyl groups excluding tert-OH is 1. The lowest BCUT2D eigenvalue weighted by molar-refractivity contribution is 0.0697. The monoisotopic (exact) mass is 582 g/mol. The van der Waals surface area contributed by atoms with Gasteiger partial charge in [0.2, 0.25) is 0 Å². The molecule has 2 aromatic heterocycles. The molecule has 0 spiro atoms. The van der Waals surface area contributed by atoms with Crippen molar-refractivity contribution in [2.45, 2.75) is 53.5 Å². The molecule has 222 valence electrons. The van der Waals surface area contributed by atoms with Crippen molar-refractivity contribution in [3.05, 3.63) is 76.6 Å². The van der Waals surface area contributed by atoms with Crippen molar-refractivity contribution in [1.29, 1.82) is 0 Å². The lowest BCUT2D eigenvalue weighted by Crippen LogP contribution is -2.56. The Morgan fingerprint density at radius 1 is 1.00 bits per heavy atom. The Hall–Kier alpha value is -3.24. The fraction of sp³-hybridized carbons (Fsp3) is 0.484. The number of piperazine rings is 1. The van der Waals surface area contributed by atoms with Crippen LogP contribution in [0, 0.1) is 32.5 Å². The van der Waals surface area contributed by atoms with Crippen molar-refractivity contribution in [2.75, 3.05) is 49.1 Å². The average Bonchev–Trinajstić information content (AvgIpc) is 2.96. The highest BCUT2D eigenvalue weighted by molar-refractivity contribution is 7.59. The first-order valence-corrected chi connectivity index (χ1v) is 13.7. The van der Waals surface area contributed by atoms with E-state index >= 15 is 0 Å². The minimum Gasteiger partial charge on any atom is -0.394 e. The first kappa shape index (κ1) is 32.3. The van der Waals surface area contributed by atoms with Gasteiger partial charge in [0.25, 0.3) is 5.91 Å². The van der Waals surface area contributed by atoms with Crippen LogP contribution in [0.3, 0.4) is 0 Å². The maximum Gasteiger partial charge on any atom is 0.254 e. The molecule has 1 atom stereocenters. The lowest BCUT2D eigenvalue weighted by atomic mass is 9.84. The summed E-state index contributed by atoms with van der Waals surface area (Å²) in [6, 6.07) is 4.83. The van der Waals surface area contributed by atoms with Crippen LogP contribution < -0.4 is 9.80 Å². The largest absolute Gasteiger partial charge is 0.394 e. The minimum absolute atomic E-state index is 0. The number of aromatic nitrogens is 3. The van der Waals surface area contributed by atoms with Gasteiger partial charge in [-0.15, -0.1) is 0 Å². The molecule has 2 aliphatic rings. The molecule has 2 saturated heterocycles. The Labute approximate surface area is 250 Å². The molecule has 0 unspecified atom stereocenters. The maximum absolute atomic E-state index is 13.9. The number of pyridine rings is 1. The Morgan fingerprint density at radius 3 is 2.39 bits per heavy atom. The Kier molecular flexibility index (Phi) is 11.1. The first-order valence-electron chi connectivity index (χ1n) is 13.7. The van der Waals surface area contributed by atoms with Gasteiger partial charge in [0.05, 0.1) is 25.0 Å². The fourth-order valence-electron chi connectivity index (χ4n) is 6.17. The summed E-state index contributed by atoms with van der Waals surface area (Å²) in [5, 5.41) is 10.1. The average molecular weight is 583 g/mol. The Balaban J connectivity index is 0.00000231. The Morgan fingerprint density at radius 2 is 1.76 bits per heavy atom. The van der Waals surface area contributed by atoms with Crippen molar-refractivity contribution in [3.8, 4) is 0 Å². The van der Waals surface area contributed by atoms with E-state index in [0.29, 0.717) is 31.4 Å². The number of aliphatic hydroxyl groups is 1. The highest BCUT2D eigenvalue weighted by atomic mass is 32.1. The summed E-state index contributed by atoms with van der Waals surface area (Å²) in [4.78, 5) is 32.8. The van der Waals surface area contributed by atoms with E-state index in [1.165, 1.54) is 23.4 Å². The zero-order valence-corrected chi connectivity index (χ0v) is 24.5. The molecule has 1 aromatic carbocycles. The Bertz CT molecular complexity index is 1300. The number of anilines is 2. The van der Waals surface area contributed by atoms with Crippen molar-refractivity contribution >= 4 is 31.0 Å². The van der Waals surface area contributed by atoms with Gasteiger partial charge in [0.1, 0.15) is 17.5 Å². The normalized spacial score (nSPS) is 17.6. The molecular formula is C31H43FN6O2S. The summed E-state index contributed by atoms with van der Waals surface area (Å²) in [6.07, 6.45) is 9.54. The highest BCUT2D eigenvalue weighted by Gasteiger charge is 2.32. The van der Waals surface area contributed by atoms with Gasteiger partial charge in [-0.1, -0.05) is 13.5 Å². The number of halogens is 1. The van der Waals surface area contributed by atoms with E-state index in [9.17, 15) is 14.3 Å². The SMILES string of the molecule is C.Cc1cc(C)c(C(=O)N2CCN(c3ccc(F)cn3)[C@H](CO)C2)c(C)c1CC1CCN(c2cnccn2)CC1.S. The molecule has 41 heavy (non-hydrogen) atoms. The van der Waals surface area contributed by atoms with E-state index in [4.69, 9.17) is 0 Å². The van der Waals surface area contributed by atoms with E-state index < -0.39 is 5.82 Å². The number of rotatable bonds is 6. The lowest BCUT2D eigenvalue weighted by Gasteiger charge is -2.41. The number of hydrogen-bond donors (Lipinski definition) is 1. The molecule has 2 aliphatic heterocycles. The van der Waals surface area contributed by atoms with Gasteiger partial charge in [-0.25, -0.2) is 14.4 Å². The zero-order valence-electron chi connectivity index (χ0n) is 23.5. The van der Waals surface area contributed by atoms with Gasteiger partial charge in [0.15, 0.2) is 0 Å². The van der Waals surface area contributed by atoms with Crippen LogP contribution in [0.15, 0.2) is 43.0 Å². The summed E-state index contributed by atoms with van der Waals surface area (Å²) in [7, 11) is 0. The topological polar surface area (TPSA) is 85.7 Å². The minimum atomic E-state index is -0.398. The van der Waals surface area contributed by atoms with Crippen LogP contribution in [0.4, 0.5) is 16.0 Å². The molecule has 0 saturated carbocycles. The van der Waals surface area contributed by atoms with Crippen LogP contribution >= 0.6 is 13.5 Å². The van der Waals surface area contributed by atoms with Crippen molar-refractivity contribution in [2.24, 2.45) is 5.92 Å². The van der Waals surface area contributed by atoms with Crippen LogP contribution in [0.2, 0.25) is 0 Å². The standard InChI is InChI=1S/C30H37FN6O2.CH4.H2S/c1-20-14-21(2)29(22(3)26(20)15-23-6-10-35(11-7-23)28-17-32-8-9-33-28)30(39)36-12-13-37(25(18-36)19-38)27-5-4-24(31)16-34-27;;/h4-5,8-9,14,16-17,23,25,38H,6-7,10-13,15,18-19H2,1-3H3;1H4;1H2/t25-;;/m0../s1. The number of nitrogens with zero attached hydrogens (tertiary/aromatic N) is 6. The van der Waals surface area contributed by atoms with Crippen LogP contribution in [0.1, 0.15) is 52.9 Å². The van der Waals surface area contributed by atoms with E-state index in [1.54, 1.807) is 18.5 Å². The van der Waals surface area contributed by atoms with Gasteiger partial charge in [-0.05, 0) is 80.3 Å². The van der Waals surface area contributed by atoms with Crippen LogP contribution in [-0.4, -0.2) is 76.2 Å². The van der Waals surface area contributed by atoms with E-state index in [-0.39, 0.29) is 39.5 Å². The summed E-state index contributed by atoms with van der Waals surface area (Å²) in [5.41, 5.74) is 5.34. The molecule has 2 fully saturated rings. The molecule has 3 aromatic rings. The third kappa shape index (κ3) is 6.98. The molecule has 1 N–H and O–H groups in total. The van der Waals surface area contributed by atoms with E-state index in [1.807, 2.05) is 22.9 Å². The smallest absolute Gasteiger partial charge is 0.254 e. The fourth-order valence-corrected chi connectivity index (χ4v) is 6.17. The number of carbonyl (C=O) groups excluding carboxylic acids is 1. The van der Waals surface area contributed by atoms with E-state index in [0.717, 1.165) is 54.9 Å². The highest BCUT2D eigenvalue weighted by Crippen LogP contribution is 2.31. The molecule has 5 rings (SSSR count). The second kappa shape index (κ2) is 14.1. The number of hydrogen-bond acceptors (Lipinski definition) is 7. The zero-order chi connectivity index (χ0) is 27.5. The number of carbonyl (C=O) groups is 1. The van der Waals surface area contributed by atoms with Gasteiger partial charge in [-0.2, -0.15) is 13.5 Å². The van der Waals surface area contributed by atoms with Crippen molar-refractivity contribution in [3.63, 3.8) is 0 Å².